The normalized spacial score (nSPS) is 11.4. The third kappa shape index (κ3) is 13.0. The van der Waals surface area contributed by atoms with E-state index in [1.807, 2.05) is 18.2 Å². The van der Waals surface area contributed by atoms with Gasteiger partial charge < -0.3 is 5.11 Å². The first-order valence-electron chi connectivity index (χ1n) is 11.1. The fourth-order valence-electron chi connectivity index (χ4n) is 3.33. The maximum absolute atomic E-state index is 9.65. The first-order chi connectivity index (χ1) is 12.8. The molecule has 26 heavy (non-hydrogen) atoms. The molecule has 0 unspecified atom stereocenters. The highest BCUT2D eigenvalue weighted by molar-refractivity contribution is 5.83. The largest absolute Gasteiger partial charge is 0.507 e. The lowest BCUT2D eigenvalue weighted by Crippen LogP contribution is -1.87. The molecule has 2 heteroatoms. The first-order valence-corrected chi connectivity index (χ1v) is 11.1. The number of aromatic hydroxyl groups is 1. The molecule has 0 spiro atoms. The SMILES string of the molecule is CCCCCCCCCCCCCCCCCN=Cc1ccccc1O. The zero-order valence-electron chi connectivity index (χ0n) is 17.1. The molecule has 1 N–H and O–H groups in total. The molecule has 0 bridgehead atoms. The van der Waals surface area contributed by atoms with Gasteiger partial charge in [-0.3, -0.25) is 4.99 Å². The van der Waals surface area contributed by atoms with Crippen LogP contribution in [0, 0.1) is 0 Å². The Kier molecular flexibility index (Phi) is 15.0. The minimum atomic E-state index is 0.313. The van der Waals surface area contributed by atoms with Gasteiger partial charge in [0.05, 0.1) is 0 Å². The molecule has 0 atom stereocenters. The van der Waals surface area contributed by atoms with E-state index in [0.29, 0.717) is 5.75 Å². The van der Waals surface area contributed by atoms with Gasteiger partial charge in [-0.1, -0.05) is 109 Å². The Morgan fingerprint density at radius 1 is 0.692 bits per heavy atom. The Hall–Kier alpha value is -1.31. The zero-order chi connectivity index (χ0) is 18.7. The highest BCUT2D eigenvalue weighted by atomic mass is 16.3. The predicted molar refractivity (Wildman–Crippen MR) is 115 cm³/mol. The lowest BCUT2D eigenvalue weighted by Gasteiger charge is -2.03. The molecule has 148 valence electrons. The first kappa shape index (κ1) is 22.7. The van der Waals surface area contributed by atoms with Gasteiger partial charge in [0.15, 0.2) is 0 Å². The fraction of sp³-hybridized carbons (Fsp3) is 0.708. The van der Waals surface area contributed by atoms with E-state index >= 15 is 0 Å². The summed E-state index contributed by atoms with van der Waals surface area (Å²) in [6, 6.07) is 7.36. The molecular weight excluding hydrogens is 318 g/mol. The van der Waals surface area contributed by atoms with Crippen LogP contribution in [0.3, 0.4) is 0 Å². The number of phenolic OH excluding ortho intramolecular Hbond substituents is 1. The summed E-state index contributed by atoms with van der Waals surface area (Å²) >= 11 is 0. The second kappa shape index (κ2) is 17.1. The van der Waals surface area contributed by atoms with Gasteiger partial charge in [-0.25, -0.2) is 0 Å². The van der Waals surface area contributed by atoms with Crippen molar-refractivity contribution in [2.24, 2.45) is 4.99 Å². The zero-order valence-corrected chi connectivity index (χ0v) is 17.1. The van der Waals surface area contributed by atoms with Crippen LogP contribution in [0.15, 0.2) is 29.3 Å². The average Bonchev–Trinajstić information content (AvgIpc) is 2.65. The van der Waals surface area contributed by atoms with Gasteiger partial charge in [0.25, 0.3) is 0 Å². The van der Waals surface area contributed by atoms with Gasteiger partial charge in [-0.15, -0.1) is 0 Å². The smallest absolute Gasteiger partial charge is 0.124 e. The highest BCUT2D eigenvalue weighted by Crippen LogP contribution is 2.14. The van der Waals surface area contributed by atoms with Gasteiger partial charge in [0.1, 0.15) is 5.75 Å². The van der Waals surface area contributed by atoms with E-state index in [4.69, 9.17) is 0 Å². The van der Waals surface area contributed by atoms with Crippen LogP contribution >= 0.6 is 0 Å². The number of hydrogen-bond acceptors (Lipinski definition) is 2. The van der Waals surface area contributed by atoms with Gasteiger partial charge in [-0.05, 0) is 18.6 Å². The van der Waals surface area contributed by atoms with Gasteiger partial charge in [0.2, 0.25) is 0 Å². The monoisotopic (exact) mass is 359 g/mol. The Labute approximate surface area is 162 Å². The Morgan fingerprint density at radius 2 is 1.15 bits per heavy atom. The van der Waals surface area contributed by atoms with Crippen molar-refractivity contribution in [1.29, 1.82) is 0 Å². The minimum absolute atomic E-state index is 0.313. The number of benzene rings is 1. The number of rotatable bonds is 17. The quantitative estimate of drug-likeness (QED) is 0.224. The van der Waals surface area contributed by atoms with Crippen LogP contribution in [0.2, 0.25) is 0 Å². The Balaban J connectivity index is 1.79. The topological polar surface area (TPSA) is 32.6 Å². The molecule has 0 heterocycles. The molecule has 0 aliphatic rings. The van der Waals surface area contributed by atoms with Crippen LogP contribution in [0.25, 0.3) is 0 Å². The van der Waals surface area contributed by atoms with E-state index in [1.165, 1.54) is 89.9 Å². The van der Waals surface area contributed by atoms with Crippen LogP contribution in [0.4, 0.5) is 0 Å². The van der Waals surface area contributed by atoms with Crippen LogP contribution in [-0.2, 0) is 0 Å². The number of para-hydroxylation sites is 1. The average molecular weight is 360 g/mol. The van der Waals surface area contributed by atoms with E-state index in [-0.39, 0.29) is 0 Å². The number of unbranched alkanes of at least 4 members (excludes halogenated alkanes) is 14. The third-order valence-corrected chi connectivity index (χ3v) is 5.06. The fourth-order valence-corrected chi connectivity index (χ4v) is 3.33. The van der Waals surface area contributed by atoms with Gasteiger partial charge in [-0.2, -0.15) is 0 Å². The van der Waals surface area contributed by atoms with Crippen molar-refractivity contribution < 1.29 is 5.11 Å². The molecule has 0 aliphatic carbocycles. The van der Waals surface area contributed by atoms with Crippen LogP contribution in [0.1, 0.15) is 109 Å². The lowest BCUT2D eigenvalue weighted by molar-refractivity contribution is 0.474. The van der Waals surface area contributed by atoms with Crippen molar-refractivity contribution in [3.05, 3.63) is 29.8 Å². The van der Waals surface area contributed by atoms with Gasteiger partial charge >= 0.3 is 0 Å². The molecule has 1 aromatic carbocycles. The van der Waals surface area contributed by atoms with E-state index in [1.54, 1.807) is 12.3 Å². The van der Waals surface area contributed by atoms with Crippen LogP contribution in [-0.4, -0.2) is 17.9 Å². The van der Waals surface area contributed by atoms with Crippen LogP contribution < -0.4 is 0 Å². The predicted octanol–water partition coefficient (Wildman–Crippen LogP) is 7.68. The summed E-state index contributed by atoms with van der Waals surface area (Å²) in [5.41, 5.74) is 0.813. The summed E-state index contributed by atoms with van der Waals surface area (Å²) in [7, 11) is 0. The number of aliphatic imine (C=N–C) groups is 1. The minimum Gasteiger partial charge on any atom is -0.507 e. The maximum Gasteiger partial charge on any atom is 0.124 e. The van der Waals surface area contributed by atoms with E-state index in [2.05, 4.69) is 11.9 Å². The standard InChI is InChI=1S/C24H41NO/c1-2-3-4-5-6-7-8-9-10-11-12-13-14-15-18-21-25-22-23-19-16-17-20-24(23)26/h16-17,19-20,22,26H,2-15,18,21H2,1H3. The van der Waals surface area contributed by atoms with E-state index in [9.17, 15) is 5.11 Å². The summed E-state index contributed by atoms with van der Waals surface area (Å²) in [6.07, 6.45) is 22.6. The van der Waals surface area contributed by atoms with Crippen LogP contribution in [0.5, 0.6) is 5.75 Å². The second-order valence-electron chi connectivity index (χ2n) is 7.54. The molecule has 1 aromatic rings. The molecule has 0 aliphatic heterocycles. The van der Waals surface area contributed by atoms with Gasteiger partial charge in [0, 0.05) is 18.3 Å². The van der Waals surface area contributed by atoms with Crippen molar-refractivity contribution in [1.82, 2.24) is 0 Å². The molecule has 0 saturated carbocycles. The maximum atomic E-state index is 9.65. The summed E-state index contributed by atoms with van der Waals surface area (Å²) in [5.74, 6) is 0.313. The second-order valence-corrected chi connectivity index (χ2v) is 7.54. The molecule has 0 saturated heterocycles. The van der Waals surface area contributed by atoms with Crippen molar-refractivity contribution in [2.75, 3.05) is 6.54 Å². The van der Waals surface area contributed by atoms with E-state index in [0.717, 1.165) is 18.5 Å². The molecule has 0 aromatic heterocycles. The summed E-state index contributed by atoms with van der Waals surface area (Å²) in [5, 5.41) is 9.65. The number of nitrogens with zero attached hydrogens (tertiary/aromatic N) is 1. The van der Waals surface area contributed by atoms with E-state index < -0.39 is 0 Å². The van der Waals surface area contributed by atoms with Crippen molar-refractivity contribution in [2.45, 2.75) is 103 Å². The number of phenols is 1. The molecular formula is C24H41NO. The molecule has 0 fully saturated rings. The molecule has 1 rings (SSSR count). The molecule has 2 nitrogen and oxygen atoms in total. The Morgan fingerprint density at radius 3 is 1.65 bits per heavy atom. The Bertz CT molecular complexity index is 455. The van der Waals surface area contributed by atoms with Crippen molar-refractivity contribution in [3.8, 4) is 5.75 Å². The third-order valence-electron chi connectivity index (χ3n) is 5.06. The van der Waals surface area contributed by atoms with Crippen molar-refractivity contribution >= 4 is 6.21 Å². The number of hydrogen-bond donors (Lipinski definition) is 1. The summed E-state index contributed by atoms with van der Waals surface area (Å²) < 4.78 is 0. The lowest BCUT2D eigenvalue weighted by atomic mass is 10.0. The van der Waals surface area contributed by atoms with Crippen molar-refractivity contribution in [3.63, 3.8) is 0 Å². The highest BCUT2D eigenvalue weighted by Gasteiger charge is 1.95. The molecule has 0 amide bonds. The summed E-state index contributed by atoms with van der Waals surface area (Å²) in [6.45, 7) is 3.15. The molecule has 0 radical (unpaired) electrons. The summed E-state index contributed by atoms with van der Waals surface area (Å²) in [4.78, 5) is 4.42.